The Kier molecular flexibility index (Phi) is 5.50. The van der Waals surface area contributed by atoms with Gasteiger partial charge in [-0.1, -0.05) is 6.92 Å². The van der Waals surface area contributed by atoms with E-state index in [1.165, 1.54) is 0 Å². The van der Waals surface area contributed by atoms with Gasteiger partial charge in [-0.05, 0) is 6.42 Å². The highest BCUT2D eigenvalue weighted by molar-refractivity contribution is 4.89. The van der Waals surface area contributed by atoms with Crippen LogP contribution in [0, 0.1) is 17.2 Å². The average molecular weight is 210 g/mol. The Labute approximate surface area is 80.5 Å². The highest BCUT2D eigenvalue weighted by Crippen LogP contribution is 2.24. The van der Waals surface area contributed by atoms with Crippen molar-refractivity contribution >= 4 is 0 Å². The van der Waals surface area contributed by atoms with Gasteiger partial charge in [-0.25, -0.2) is 0 Å². The molecule has 0 saturated heterocycles. The smallest absolute Gasteiger partial charge is 0.392 e. The van der Waals surface area contributed by atoms with Crippen molar-refractivity contribution in [1.82, 2.24) is 5.32 Å². The van der Waals surface area contributed by atoms with Crippen LogP contribution in [0.5, 0.6) is 0 Å². The summed E-state index contributed by atoms with van der Waals surface area (Å²) >= 11 is 0. The molecule has 0 aliphatic heterocycles. The lowest BCUT2D eigenvalue weighted by molar-refractivity contribution is -0.157. The molecule has 0 aromatic carbocycles. The maximum atomic E-state index is 12.0. The van der Waals surface area contributed by atoms with Gasteiger partial charge in [0.05, 0.1) is 12.2 Å². The summed E-state index contributed by atoms with van der Waals surface area (Å²) in [5.41, 5.74) is 0. The van der Waals surface area contributed by atoms with Crippen LogP contribution in [0.25, 0.3) is 0 Å². The van der Waals surface area contributed by atoms with E-state index in [-0.39, 0.29) is 6.54 Å². The van der Waals surface area contributed by atoms with Crippen molar-refractivity contribution in [2.45, 2.75) is 25.6 Å². The van der Waals surface area contributed by atoms with Gasteiger partial charge in [0.1, 0.15) is 0 Å². The summed E-state index contributed by atoms with van der Waals surface area (Å²) in [7, 11) is 0. The minimum atomic E-state index is -4.50. The molecule has 0 heterocycles. The van der Waals surface area contributed by atoms with Crippen LogP contribution in [0.4, 0.5) is 13.2 Å². The Morgan fingerprint density at radius 3 is 2.36 bits per heavy atom. The van der Waals surface area contributed by atoms with Gasteiger partial charge in [-0.3, -0.25) is 0 Å². The zero-order valence-electron chi connectivity index (χ0n) is 7.80. The number of nitriles is 1. The molecule has 0 aliphatic carbocycles. The number of alkyl halides is 3. The molecule has 14 heavy (non-hydrogen) atoms. The summed E-state index contributed by atoms with van der Waals surface area (Å²) in [6.07, 6.45) is -4.70. The number of hydrogen-bond acceptors (Lipinski definition) is 3. The second-order valence-corrected chi connectivity index (χ2v) is 2.94. The molecule has 0 aromatic rings. The molecule has 0 saturated carbocycles. The van der Waals surface area contributed by atoms with Gasteiger partial charge in [0.15, 0.2) is 5.92 Å². The third-order valence-electron chi connectivity index (χ3n) is 1.75. The van der Waals surface area contributed by atoms with Crippen LogP contribution in [-0.2, 0) is 0 Å². The molecule has 0 radical (unpaired) electrons. The van der Waals surface area contributed by atoms with Crippen molar-refractivity contribution in [2.24, 2.45) is 5.92 Å². The van der Waals surface area contributed by atoms with Crippen LogP contribution in [0.15, 0.2) is 0 Å². The van der Waals surface area contributed by atoms with Gasteiger partial charge >= 0.3 is 6.18 Å². The minimum Gasteiger partial charge on any atom is -0.392 e. The Balaban J connectivity index is 3.82. The van der Waals surface area contributed by atoms with Gasteiger partial charge in [-0.2, -0.15) is 18.4 Å². The summed E-state index contributed by atoms with van der Waals surface area (Å²) in [6, 6.07) is 1.16. The first kappa shape index (κ1) is 13.2. The standard InChI is InChI=1S/C8H13F3N2O/c1-2-7(14)5-13-4-6(3-12)8(9,10)11/h6-7,13-14H,2,4-5H2,1H3. The van der Waals surface area contributed by atoms with E-state index in [0.29, 0.717) is 6.42 Å². The molecule has 2 unspecified atom stereocenters. The monoisotopic (exact) mass is 210 g/mol. The van der Waals surface area contributed by atoms with Gasteiger partial charge < -0.3 is 10.4 Å². The second kappa shape index (κ2) is 5.83. The van der Waals surface area contributed by atoms with Crippen molar-refractivity contribution in [3.8, 4) is 6.07 Å². The number of hydrogen-bond donors (Lipinski definition) is 2. The number of rotatable bonds is 5. The molecular formula is C8H13F3N2O. The van der Waals surface area contributed by atoms with E-state index in [9.17, 15) is 13.2 Å². The van der Waals surface area contributed by atoms with Crippen molar-refractivity contribution < 1.29 is 18.3 Å². The normalized spacial score (nSPS) is 16.0. The van der Waals surface area contributed by atoms with Crippen LogP contribution in [0.3, 0.4) is 0 Å². The Morgan fingerprint density at radius 2 is 2.00 bits per heavy atom. The summed E-state index contributed by atoms with van der Waals surface area (Å²) in [6.45, 7) is 1.32. The molecule has 0 aromatic heterocycles. The molecule has 6 heteroatoms. The largest absolute Gasteiger partial charge is 0.405 e. The van der Waals surface area contributed by atoms with E-state index in [4.69, 9.17) is 10.4 Å². The molecule has 0 bridgehead atoms. The fraction of sp³-hybridized carbons (Fsp3) is 0.875. The molecule has 0 rings (SSSR count). The van der Waals surface area contributed by atoms with Gasteiger partial charge in [0.25, 0.3) is 0 Å². The molecule has 0 amide bonds. The molecule has 82 valence electrons. The van der Waals surface area contributed by atoms with Crippen molar-refractivity contribution in [2.75, 3.05) is 13.1 Å². The number of nitrogens with one attached hydrogen (secondary N) is 1. The first-order valence-electron chi connectivity index (χ1n) is 4.27. The molecule has 2 N–H and O–H groups in total. The third-order valence-corrected chi connectivity index (χ3v) is 1.75. The molecule has 3 nitrogen and oxygen atoms in total. The number of halogens is 3. The van der Waals surface area contributed by atoms with Crippen LogP contribution in [0.1, 0.15) is 13.3 Å². The van der Waals surface area contributed by atoms with Crippen molar-refractivity contribution in [3.63, 3.8) is 0 Å². The highest BCUT2D eigenvalue weighted by atomic mass is 19.4. The van der Waals surface area contributed by atoms with Crippen LogP contribution in [-0.4, -0.2) is 30.5 Å². The molecule has 0 fully saturated rings. The SMILES string of the molecule is CCC(O)CNCC(C#N)C(F)(F)F. The molecule has 0 spiro atoms. The van der Waals surface area contributed by atoms with E-state index >= 15 is 0 Å². The number of aliphatic hydroxyl groups is 1. The van der Waals surface area contributed by atoms with Crippen LogP contribution >= 0.6 is 0 Å². The lowest BCUT2D eigenvalue weighted by Crippen LogP contribution is -2.36. The third kappa shape index (κ3) is 5.04. The molecular weight excluding hydrogens is 197 g/mol. The number of aliphatic hydroxyl groups excluding tert-OH is 1. The lowest BCUT2D eigenvalue weighted by atomic mass is 10.1. The summed E-state index contributed by atoms with van der Waals surface area (Å²) in [5.74, 6) is -2.01. The first-order valence-corrected chi connectivity index (χ1v) is 4.27. The quantitative estimate of drug-likeness (QED) is 0.713. The predicted octanol–water partition coefficient (Wildman–Crippen LogP) is 1.05. The first-order chi connectivity index (χ1) is 6.41. The summed E-state index contributed by atoms with van der Waals surface area (Å²) in [4.78, 5) is 0. The van der Waals surface area contributed by atoms with E-state index in [1.807, 2.05) is 0 Å². The van der Waals surface area contributed by atoms with Crippen molar-refractivity contribution in [3.05, 3.63) is 0 Å². The van der Waals surface area contributed by atoms with Crippen LogP contribution in [0.2, 0.25) is 0 Å². The maximum Gasteiger partial charge on any atom is 0.405 e. The fourth-order valence-electron chi connectivity index (χ4n) is 0.773. The Hall–Kier alpha value is -0.800. The zero-order valence-corrected chi connectivity index (χ0v) is 7.80. The second-order valence-electron chi connectivity index (χ2n) is 2.94. The molecule has 0 aliphatic rings. The fourth-order valence-corrected chi connectivity index (χ4v) is 0.773. The minimum absolute atomic E-state index is 0.0742. The van der Waals surface area contributed by atoms with Crippen LogP contribution < -0.4 is 5.32 Å². The Bertz CT molecular complexity index is 200. The van der Waals surface area contributed by atoms with Gasteiger partial charge in [0.2, 0.25) is 0 Å². The average Bonchev–Trinajstić information content (AvgIpc) is 2.09. The van der Waals surface area contributed by atoms with E-state index in [0.717, 1.165) is 6.07 Å². The topological polar surface area (TPSA) is 56.0 Å². The van der Waals surface area contributed by atoms with E-state index < -0.39 is 24.7 Å². The number of nitrogens with zero attached hydrogens (tertiary/aromatic N) is 1. The zero-order chi connectivity index (χ0) is 11.2. The maximum absolute atomic E-state index is 12.0. The summed E-state index contributed by atoms with van der Waals surface area (Å²) < 4.78 is 36.0. The molecule has 2 atom stereocenters. The summed E-state index contributed by atoms with van der Waals surface area (Å²) in [5, 5.41) is 19.6. The highest BCUT2D eigenvalue weighted by Gasteiger charge is 2.39. The Morgan fingerprint density at radius 1 is 1.43 bits per heavy atom. The lowest BCUT2D eigenvalue weighted by Gasteiger charge is -2.15. The van der Waals surface area contributed by atoms with Gasteiger partial charge in [0, 0.05) is 13.1 Å². The van der Waals surface area contributed by atoms with Gasteiger partial charge in [-0.15, -0.1) is 0 Å². The van der Waals surface area contributed by atoms with E-state index in [2.05, 4.69) is 5.32 Å². The predicted molar refractivity (Wildman–Crippen MR) is 44.3 cm³/mol. The van der Waals surface area contributed by atoms with E-state index in [1.54, 1.807) is 6.92 Å². The van der Waals surface area contributed by atoms with Crippen molar-refractivity contribution in [1.29, 1.82) is 5.26 Å².